The molecule has 0 spiro atoms. The minimum Gasteiger partial charge on any atom is -0.339 e. The number of carbonyl (C=O) groups excluding carboxylic acids is 2. The summed E-state index contributed by atoms with van der Waals surface area (Å²) in [7, 11) is 1.79. The number of benzene rings is 1. The maximum Gasteiger partial charge on any atom is 0.256 e. The minimum absolute atomic E-state index is 0.0704. The van der Waals surface area contributed by atoms with Crippen molar-refractivity contribution in [2.75, 3.05) is 32.0 Å². The van der Waals surface area contributed by atoms with Crippen LogP contribution in [0.15, 0.2) is 18.2 Å². The number of rotatable bonds is 5. The number of hydrogen-bond acceptors (Lipinski definition) is 3. The van der Waals surface area contributed by atoms with Gasteiger partial charge in [0.1, 0.15) is 0 Å². The molecular weight excluding hydrogens is 290 g/mol. The van der Waals surface area contributed by atoms with Crippen molar-refractivity contribution in [1.82, 2.24) is 10.2 Å². The fourth-order valence-electron chi connectivity index (χ4n) is 2.34. The van der Waals surface area contributed by atoms with Gasteiger partial charge in [0.2, 0.25) is 5.91 Å². The van der Waals surface area contributed by atoms with Gasteiger partial charge in [0.15, 0.2) is 0 Å². The van der Waals surface area contributed by atoms with E-state index in [1.54, 1.807) is 30.1 Å². The van der Waals surface area contributed by atoms with Crippen molar-refractivity contribution in [3.63, 3.8) is 0 Å². The van der Waals surface area contributed by atoms with Crippen molar-refractivity contribution in [1.29, 1.82) is 0 Å². The lowest BCUT2D eigenvalue weighted by Gasteiger charge is -2.18. The maximum atomic E-state index is 12.5. The van der Waals surface area contributed by atoms with Crippen LogP contribution in [0.4, 0.5) is 5.69 Å². The number of nitrogens with one attached hydrogen (secondary N) is 2. The van der Waals surface area contributed by atoms with Gasteiger partial charge in [0.25, 0.3) is 5.91 Å². The molecule has 5 nitrogen and oxygen atoms in total. The van der Waals surface area contributed by atoms with Gasteiger partial charge in [-0.1, -0.05) is 11.6 Å². The van der Waals surface area contributed by atoms with Crippen molar-refractivity contribution in [3.05, 3.63) is 28.8 Å². The molecule has 2 N–H and O–H groups in total. The van der Waals surface area contributed by atoms with Crippen LogP contribution in [0.5, 0.6) is 0 Å². The first kappa shape index (κ1) is 15.8. The first-order chi connectivity index (χ1) is 10.1. The van der Waals surface area contributed by atoms with E-state index in [4.69, 9.17) is 11.6 Å². The van der Waals surface area contributed by atoms with Gasteiger partial charge in [0, 0.05) is 31.1 Å². The Morgan fingerprint density at radius 3 is 2.67 bits per heavy atom. The van der Waals surface area contributed by atoms with E-state index in [-0.39, 0.29) is 11.8 Å². The summed E-state index contributed by atoms with van der Waals surface area (Å²) in [4.78, 5) is 26.2. The molecule has 1 fully saturated rings. The summed E-state index contributed by atoms with van der Waals surface area (Å²) < 4.78 is 0. The van der Waals surface area contributed by atoms with E-state index in [0.29, 0.717) is 29.2 Å². The molecule has 1 saturated heterocycles. The second-order valence-corrected chi connectivity index (χ2v) is 5.53. The quantitative estimate of drug-likeness (QED) is 0.876. The molecule has 2 rings (SSSR count). The third-order valence-electron chi connectivity index (χ3n) is 3.48. The van der Waals surface area contributed by atoms with Crippen LogP contribution < -0.4 is 10.6 Å². The van der Waals surface area contributed by atoms with Crippen LogP contribution in [0, 0.1) is 0 Å². The average molecular weight is 310 g/mol. The average Bonchev–Trinajstić information content (AvgIpc) is 3.00. The maximum absolute atomic E-state index is 12.5. The van der Waals surface area contributed by atoms with Crippen LogP contribution in [0.1, 0.15) is 29.6 Å². The Hall–Kier alpha value is -1.59. The lowest BCUT2D eigenvalue weighted by atomic mass is 10.1. The Morgan fingerprint density at radius 1 is 1.29 bits per heavy atom. The number of anilines is 1. The number of amides is 2. The Labute approximate surface area is 129 Å². The van der Waals surface area contributed by atoms with E-state index < -0.39 is 0 Å². The molecule has 0 atom stereocenters. The summed E-state index contributed by atoms with van der Waals surface area (Å²) in [6, 6.07) is 4.98. The number of likely N-dealkylation sites (tertiary alicyclic amines) is 1. The molecule has 2 amide bonds. The molecule has 6 heteroatoms. The Balaban J connectivity index is 2.16. The molecular formula is C15H20ClN3O2. The van der Waals surface area contributed by atoms with E-state index in [9.17, 15) is 9.59 Å². The Kier molecular flexibility index (Phi) is 5.59. The highest BCUT2D eigenvalue weighted by atomic mass is 35.5. The van der Waals surface area contributed by atoms with Gasteiger partial charge in [-0.25, -0.2) is 0 Å². The van der Waals surface area contributed by atoms with E-state index in [0.717, 1.165) is 25.9 Å². The van der Waals surface area contributed by atoms with Gasteiger partial charge in [-0.15, -0.1) is 0 Å². The van der Waals surface area contributed by atoms with Gasteiger partial charge in [-0.3, -0.25) is 9.59 Å². The van der Waals surface area contributed by atoms with E-state index in [1.165, 1.54) is 0 Å². The van der Waals surface area contributed by atoms with E-state index in [1.807, 2.05) is 0 Å². The molecule has 0 radical (unpaired) electrons. The molecule has 0 saturated carbocycles. The van der Waals surface area contributed by atoms with Gasteiger partial charge < -0.3 is 15.5 Å². The monoisotopic (exact) mass is 309 g/mol. The van der Waals surface area contributed by atoms with Gasteiger partial charge in [0.05, 0.1) is 11.3 Å². The normalized spacial score (nSPS) is 14.3. The van der Waals surface area contributed by atoms with E-state index in [2.05, 4.69) is 10.6 Å². The minimum atomic E-state index is -0.123. The highest BCUT2D eigenvalue weighted by Gasteiger charge is 2.22. The second kappa shape index (κ2) is 7.43. The first-order valence-electron chi connectivity index (χ1n) is 7.15. The fourth-order valence-corrected chi connectivity index (χ4v) is 2.52. The molecule has 1 heterocycles. The van der Waals surface area contributed by atoms with Crippen molar-refractivity contribution in [2.24, 2.45) is 0 Å². The summed E-state index contributed by atoms with van der Waals surface area (Å²) in [6.45, 7) is 2.12. The first-order valence-corrected chi connectivity index (χ1v) is 7.53. The zero-order valence-corrected chi connectivity index (χ0v) is 12.9. The highest BCUT2D eigenvalue weighted by Crippen LogP contribution is 2.24. The molecule has 1 aromatic carbocycles. The van der Waals surface area contributed by atoms with Crippen molar-refractivity contribution >= 4 is 29.1 Å². The molecule has 1 aliphatic rings. The number of carbonyl (C=O) groups is 2. The van der Waals surface area contributed by atoms with Crippen LogP contribution >= 0.6 is 11.6 Å². The predicted octanol–water partition coefficient (Wildman–Crippen LogP) is 2.12. The topological polar surface area (TPSA) is 61.4 Å². The molecule has 0 aromatic heterocycles. The van der Waals surface area contributed by atoms with Crippen molar-refractivity contribution in [3.8, 4) is 0 Å². The van der Waals surface area contributed by atoms with Crippen LogP contribution in [0.25, 0.3) is 0 Å². The molecule has 0 bridgehead atoms. The van der Waals surface area contributed by atoms with Crippen LogP contribution in [-0.4, -0.2) is 43.4 Å². The standard InChI is InChI=1S/C15H20ClN3O2/c1-17-7-6-14(20)18-13-5-4-11(16)10-12(13)15(21)19-8-2-3-9-19/h4-5,10,17H,2-3,6-9H2,1H3,(H,18,20). The van der Waals surface area contributed by atoms with Gasteiger partial charge in [-0.05, 0) is 38.1 Å². The summed E-state index contributed by atoms with van der Waals surface area (Å²) in [5.41, 5.74) is 0.986. The van der Waals surface area contributed by atoms with Crippen LogP contribution in [-0.2, 0) is 4.79 Å². The summed E-state index contributed by atoms with van der Waals surface area (Å²) in [5.74, 6) is -0.193. The predicted molar refractivity (Wildman–Crippen MR) is 83.8 cm³/mol. The Bertz CT molecular complexity index is 528. The summed E-state index contributed by atoms with van der Waals surface area (Å²) >= 11 is 5.99. The molecule has 1 aromatic rings. The zero-order valence-electron chi connectivity index (χ0n) is 12.1. The molecule has 0 aliphatic carbocycles. The molecule has 1 aliphatic heterocycles. The number of halogens is 1. The summed E-state index contributed by atoms with van der Waals surface area (Å²) in [5, 5.41) is 6.20. The van der Waals surface area contributed by atoms with Crippen LogP contribution in [0.3, 0.4) is 0 Å². The number of nitrogens with zero attached hydrogens (tertiary/aromatic N) is 1. The molecule has 21 heavy (non-hydrogen) atoms. The number of hydrogen-bond donors (Lipinski definition) is 2. The fraction of sp³-hybridized carbons (Fsp3) is 0.467. The third kappa shape index (κ3) is 4.19. The Morgan fingerprint density at radius 2 is 2.00 bits per heavy atom. The van der Waals surface area contributed by atoms with Gasteiger partial charge >= 0.3 is 0 Å². The highest BCUT2D eigenvalue weighted by molar-refractivity contribution is 6.31. The third-order valence-corrected chi connectivity index (χ3v) is 3.72. The smallest absolute Gasteiger partial charge is 0.256 e. The largest absolute Gasteiger partial charge is 0.339 e. The molecule has 0 unspecified atom stereocenters. The van der Waals surface area contributed by atoms with Crippen LogP contribution in [0.2, 0.25) is 5.02 Å². The molecule has 114 valence electrons. The van der Waals surface area contributed by atoms with Crippen molar-refractivity contribution < 1.29 is 9.59 Å². The second-order valence-electron chi connectivity index (χ2n) is 5.09. The lowest BCUT2D eigenvalue weighted by Crippen LogP contribution is -2.29. The van der Waals surface area contributed by atoms with Gasteiger partial charge in [-0.2, -0.15) is 0 Å². The summed E-state index contributed by atoms with van der Waals surface area (Å²) in [6.07, 6.45) is 2.41. The zero-order chi connectivity index (χ0) is 15.2. The van der Waals surface area contributed by atoms with E-state index >= 15 is 0 Å². The van der Waals surface area contributed by atoms with Crippen molar-refractivity contribution in [2.45, 2.75) is 19.3 Å². The SMILES string of the molecule is CNCCC(=O)Nc1ccc(Cl)cc1C(=O)N1CCCC1. The lowest BCUT2D eigenvalue weighted by molar-refractivity contribution is -0.116.